The van der Waals surface area contributed by atoms with E-state index in [0.29, 0.717) is 23.5 Å². The summed E-state index contributed by atoms with van der Waals surface area (Å²) >= 11 is 1.40. The molecule has 7 nitrogen and oxygen atoms in total. The van der Waals surface area contributed by atoms with Crippen LogP contribution in [-0.4, -0.2) is 26.6 Å². The lowest BCUT2D eigenvalue weighted by Crippen LogP contribution is -2.23. The van der Waals surface area contributed by atoms with Gasteiger partial charge in [0, 0.05) is 18.7 Å². The molecule has 4 aromatic rings. The van der Waals surface area contributed by atoms with Crippen LogP contribution >= 0.6 is 11.3 Å². The molecule has 150 valence electrons. The second-order valence-corrected chi connectivity index (χ2v) is 7.49. The lowest BCUT2D eigenvalue weighted by molar-refractivity contribution is 0.0943. The van der Waals surface area contributed by atoms with Crippen LogP contribution in [0, 0.1) is 0 Å². The number of nitrogens with zero attached hydrogens (tertiary/aromatic N) is 3. The summed E-state index contributed by atoms with van der Waals surface area (Å²) in [6, 6.07) is 18.6. The zero-order valence-corrected chi connectivity index (χ0v) is 16.8. The molecule has 0 saturated carbocycles. The highest BCUT2D eigenvalue weighted by atomic mass is 32.1. The average Bonchev–Trinajstić information content (AvgIpc) is 3.51. The van der Waals surface area contributed by atoms with Gasteiger partial charge >= 0.3 is 0 Å². The first-order valence-electron chi connectivity index (χ1n) is 9.32. The van der Waals surface area contributed by atoms with Crippen LogP contribution in [0.2, 0.25) is 0 Å². The smallest absolute Gasteiger partial charge is 0.261 e. The van der Waals surface area contributed by atoms with Crippen molar-refractivity contribution in [1.82, 2.24) is 25.4 Å². The van der Waals surface area contributed by atoms with Crippen molar-refractivity contribution in [3.63, 3.8) is 0 Å². The minimum atomic E-state index is -0.149. The number of rotatable bonds is 7. The van der Waals surface area contributed by atoms with E-state index in [9.17, 15) is 9.59 Å². The van der Waals surface area contributed by atoms with Crippen LogP contribution in [0.15, 0.2) is 78.7 Å². The van der Waals surface area contributed by atoms with Gasteiger partial charge in [-0.25, -0.2) is 9.67 Å². The Labute approximate surface area is 177 Å². The van der Waals surface area contributed by atoms with E-state index in [2.05, 4.69) is 20.7 Å². The summed E-state index contributed by atoms with van der Waals surface area (Å²) < 4.78 is 1.67. The van der Waals surface area contributed by atoms with E-state index < -0.39 is 0 Å². The van der Waals surface area contributed by atoms with Gasteiger partial charge in [0.1, 0.15) is 12.7 Å². The number of aromatic nitrogens is 3. The Bertz CT molecular complexity index is 1110. The van der Waals surface area contributed by atoms with Crippen molar-refractivity contribution in [2.45, 2.75) is 13.1 Å². The third-order valence-corrected chi connectivity index (χ3v) is 5.36. The van der Waals surface area contributed by atoms with Crippen LogP contribution in [0.1, 0.15) is 31.2 Å². The number of thiophene rings is 1. The van der Waals surface area contributed by atoms with E-state index in [0.717, 1.165) is 16.8 Å². The average molecular weight is 417 g/mol. The number of carbonyl (C=O) groups is 2. The Balaban J connectivity index is 1.28. The van der Waals surface area contributed by atoms with Gasteiger partial charge in [0.2, 0.25) is 0 Å². The van der Waals surface area contributed by atoms with Crippen molar-refractivity contribution < 1.29 is 9.59 Å². The van der Waals surface area contributed by atoms with Gasteiger partial charge < -0.3 is 10.6 Å². The normalized spacial score (nSPS) is 10.5. The molecule has 0 unspecified atom stereocenters. The molecular formula is C22H19N5O2S. The Kier molecular flexibility index (Phi) is 5.95. The van der Waals surface area contributed by atoms with Gasteiger partial charge in [0.05, 0.1) is 10.6 Å². The van der Waals surface area contributed by atoms with Gasteiger partial charge in [-0.2, -0.15) is 5.10 Å². The Morgan fingerprint density at radius 2 is 1.53 bits per heavy atom. The Morgan fingerprint density at radius 3 is 2.13 bits per heavy atom. The number of amides is 2. The first-order chi connectivity index (χ1) is 14.7. The fourth-order valence-corrected chi connectivity index (χ4v) is 3.48. The predicted molar refractivity (Wildman–Crippen MR) is 114 cm³/mol. The van der Waals surface area contributed by atoms with Crippen LogP contribution in [0.3, 0.4) is 0 Å². The van der Waals surface area contributed by atoms with Crippen molar-refractivity contribution in [2.75, 3.05) is 0 Å². The molecule has 4 rings (SSSR count). The van der Waals surface area contributed by atoms with Crippen LogP contribution in [-0.2, 0) is 13.1 Å². The molecule has 0 bridgehead atoms. The summed E-state index contributed by atoms with van der Waals surface area (Å²) in [7, 11) is 0. The van der Waals surface area contributed by atoms with Gasteiger partial charge in [0.15, 0.2) is 0 Å². The van der Waals surface area contributed by atoms with Gasteiger partial charge in [-0.1, -0.05) is 30.3 Å². The van der Waals surface area contributed by atoms with Gasteiger partial charge in [0.25, 0.3) is 11.8 Å². The lowest BCUT2D eigenvalue weighted by Gasteiger charge is -2.08. The Hall–Kier alpha value is -3.78. The fourth-order valence-electron chi connectivity index (χ4n) is 2.84. The summed E-state index contributed by atoms with van der Waals surface area (Å²) in [6.45, 7) is 0.839. The number of hydrogen-bond donors (Lipinski definition) is 2. The molecule has 0 saturated heterocycles. The number of carbonyl (C=O) groups excluding carboxylic acids is 2. The second kappa shape index (κ2) is 9.15. The van der Waals surface area contributed by atoms with E-state index in [1.54, 1.807) is 29.2 Å². The molecule has 8 heteroatoms. The predicted octanol–water partition coefficient (Wildman–Crippen LogP) is 3.19. The van der Waals surface area contributed by atoms with Crippen molar-refractivity contribution in [3.8, 4) is 5.69 Å². The second-order valence-electron chi connectivity index (χ2n) is 6.55. The first kappa shape index (κ1) is 19.5. The first-order valence-corrected chi connectivity index (χ1v) is 10.2. The quantitative estimate of drug-likeness (QED) is 0.483. The highest BCUT2D eigenvalue weighted by molar-refractivity contribution is 7.12. The van der Waals surface area contributed by atoms with Crippen LogP contribution < -0.4 is 10.6 Å². The van der Waals surface area contributed by atoms with Crippen molar-refractivity contribution in [2.24, 2.45) is 0 Å². The molecule has 2 aromatic carbocycles. The van der Waals surface area contributed by atoms with E-state index in [1.165, 1.54) is 17.7 Å². The molecule has 0 atom stereocenters. The summed E-state index contributed by atoms with van der Waals surface area (Å²) in [5.74, 6) is -0.244. The van der Waals surface area contributed by atoms with E-state index in [1.807, 2.05) is 47.8 Å². The molecule has 0 fully saturated rings. The zero-order chi connectivity index (χ0) is 20.8. The fraction of sp³-hybridized carbons (Fsp3) is 0.0909. The van der Waals surface area contributed by atoms with E-state index >= 15 is 0 Å². The largest absolute Gasteiger partial charge is 0.348 e. The maximum Gasteiger partial charge on any atom is 0.261 e. The molecule has 0 radical (unpaired) electrons. The minimum Gasteiger partial charge on any atom is -0.348 e. The molecular weight excluding hydrogens is 398 g/mol. The number of benzene rings is 2. The van der Waals surface area contributed by atoms with E-state index in [-0.39, 0.29) is 11.8 Å². The third kappa shape index (κ3) is 4.79. The Morgan fingerprint density at radius 1 is 0.867 bits per heavy atom. The summed E-state index contributed by atoms with van der Waals surface area (Å²) in [5, 5.41) is 11.7. The number of nitrogens with one attached hydrogen (secondary N) is 2. The number of hydrogen-bond acceptors (Lipinski definition) is 5. The maximum absolute atomic E-state index is 12.4. The SMILES string of the molecule is O=C(NCc1ccc(-n2cncn2)cc1)c1ccc(CNC(=O)c2cccs2)cc1. The standard InChI is InChI=1S/C22H19N5O2S/c28-21(24-12-17-5-9-19(10-6-17)27-15-23-14-26-27)18-7-3-16(4-8-18)13-25-22(29)20-2-1-11-30-20/h1-11,14-15H,12-13H2,(H,24,28)(H,25,29). The molecule has 2 amide bonds. The van der Waals surface area contributed by atoms with Gasteiger partial charge in [-0.05, 0) is 46.8 Å². The maximum atomic E-state index is 12.4. The highest BCUT2D eigenvalue weighted by Gasteiger charge is 2.08. The van der Waals surface area contributed by atoms with E-state index in [4.69, 9.17) is 0 Å². The highest BCUT2D eigenvalue weighted by Crippen LogP contribution is 2.10. The summed E-state index contributed by atoms with van der Waals surface area (Å²) in [4.78, 5) is 29.0. The van der Waals surface area contributed by atoms with Crippen molar-refractivity contribution in [3.05, 3.63) is 100 Å². The van der Waals surface area contributed by atoms with Gasteiger partial charge in [-0.15, -0.1) is 11.3 Å². The molecule has 2 N–H and O–H groups in total. The van der Waals surface area contributed by atoms with Crippen molar-refractivity contribution >= 4 is 23.2 Å². The van der Waals surface area contributed by atoms with Crippen molar-refractivity contribution in [1.29, 1.82) is 0 Å². The van der Waals surface area contributed by atoms with Crippen LogP contribution in [0.5, 0.6) is 0 Å². The third-order valence-electron chi connectivity index (χ3n) is 4.49. The molecule has 0 aliphatic carbocycles. The zero-order valence-electron chi connectivity index (χ0n) is 16.0. The molecule has 2 aromatic heterocycles. The topological polar surface area (TPSA) is 88.9 Å². The molecule has 30 heavy (non-hydrogen) atoms. The molecule has 0 aliphatic heterocycles. The monoisotopic (exact) mass is 417 g/mol. The molecule has 2 heterocycles. The lowest BCUT2D eigenvalue weighted by atomic mass is 10.1. The summed E-state index contributed by atoms with van der Waals surface area (Å²) in [5.41, 5.74) is 3.40. The summed E-state index contributed by atoms with van der Waals surface area (Å²) in [6.07, 6.45) is 3.12. The van der Waals surface area contributed by atoms with Gasteiger partial charge in [-0.3, -0.25) is 9.59 Å². The van der Waals surface area contributed by atoms with Crippen LogP contribution in [0.25, 0.3) is 5.69 Å². The molecule has 0 aliphatic rings. The minimum absolute atomic E-state index is 0.0957. The molecule has 0 spiro atoms. The van der Waals surface area contributed by atoms with Crippen LogP contribution in [0.4, 0.5) is 0 Å².